The SMILES string of the molecule is CN(C)C(=O)C[P+](c1ccccc1)(c1ccccc1)c1ccccc1. The van der Waals surface area contributed by atoms with E-state index in [2.05, 4.69) is 72.8 Å². The summed E-state index contributed by atoms with van der Waals surface area (Å²) in [7, 11) is 1.61. The number of hydrogen-bond acceptors (Lipinski definition) is 1. The number of carbonyl (C=O) groups is 1. The van der Waals surface area contributed by atoms with E-state index in [0.717, 1.165) is 0 Å². The summed E-state index contributed by atoms with van der Waals surface area (Å²) in [5, 5.41) is 3.72. The summed E-state index contributed by atoms with van der Waals surface area (Å²) in [6.07, 6.45) is 0.498. The number of rotatable bonds is 5. The van der Waals surface area contributed by atoms with Gasteiger partial charge in [0.2, 0.25) is 0 Å². The van der Waals surface area contributed by atoms with E-state index in [9.17, 15) is 4.79 Å². The molecule has 25 heavy (non-hydrogen) atoms. The van der Waals surface area contributed by atoms with E-state index in [1.165, 1.54) is 15.9 Å². The van der Waals surface area contributed by atoms with Gasteiger partial charge in [-0.15, -0.1) is 0 Å². The Morgan fingerprint density at radius 2 is 1.00 bits per heavy atom. The summed E-state index contributed by atoms with van der Waals surface area (Å²) in [6, 6.07) is 31.5. The van der Waals surface area contributed by atoms with E-state index in [1.807, 2.05) is 32.3 Å². The van der Waals surface area contributed by atoms with Crippen LogP contribution in [0, 0.1) is 0 Å². The highest BCUT2D eigenvalue weighted by Crippen LogP contribution is 2.55. The van der Waals surface area contributed by atoms with Crippen molar-refractivity contribution in [3.63, 3.8) is 0 Å². The average molecular weight is 348 g/mol. The first kappa shape index (κ1) is 17.4. The number of hydrogen-bond donors (Lipinski definition) is 0. The van der Waals surface area contributed by atoms with Gasteiger partial charge < -0.3 is 4.90 Å². The van der Waals surface area contributed by atoms with Crippen LogP contribution in [0.4, 0.5) is 0 Å². The van der Waals surface area contributed by atoms with Crippen molar-refractivity contribution in [3.05, 3.63) is 91.0 Å². The number of benzene rings is 3. The van der Waals surface area contributed by atoms with E-state index < -0.39 is 7.26 Å². The van der Waals surface area contributed by atoms with Gasteiger partial charge in [-0.1, -0.05) is 54.6 Å². The smallest absolute Gasteiger partial charge is 0.260 e. The lowest BCUT2D eigenvalue weighted by Gasteiger charge is -2.28. The van der Waals surface area contributed by atoms with Crippen LogP contribution in [0.25, 0.3) is 0 Å². The van der Waals surface area contributed by atoms with E-state index >= 15 is 0 Å². The van der Waals surface area contributed by atoms with Gasteiger partial charge >= 0.3 is 0 Å². The Morgan fingerprint density at radius 3 is 1.28 bits per heavy atom. The third-order valence-corrected chi connectivity index (χ3v) is 8.75. The van der Waals surface area contributed by atoms with Crippen LogP contribution in [0.15, 0.2) is 91.0 Å². The first-order valence-corrected chi connectivity index (χ1v) is 10.4. The standard InChI is InChI=1S/C22H23NOP/c1-23(2)22(24)18-25(19-12-6-3-7-13-19,20-14-8-4-9-15-20)21-16-10-5-11-17-21/h3-17H,18H2,1-2H3/q+1. The van der Waals surface area contributed by atoms with Crippen LogP contribution in [0.2, 0.25) is 0 Å². The fraction of sp³-hybridized carbons (Fsp3) is 0.136. The molecule has 126 valence electrons. The van der Waals surface area contributed by atoms with Gasteiger partial charge in [0.15, 0.2) is 6.16 Å². The normalized spacial score (nSPS) is 11.1. The second-order valence-corrected chi connectivity index (χ2v) is 9.75. The molecule has 0 aromatic heterocycles. The summed E-state index contributed by atoms with van der Waals surface area (Å²) in [4.78, 5) is 14.5. The molecular formula is C22H23NOP+. The minimum absolute atomic E-state index is 0.157. The molecule has 3 aromatic rings. The predicted octanol–water partition coefficient (Wildman–Crippen LogP) is 3.07. The van der Waals surface area contributed by atoms with Crippen LogP contribution in [-0.2, 0) is 4.79 Å². The molecule has 0 atom stereocenters. The van der Waals surface area contributed by atoms with E-state index in [1.54, 1.807) is 4.90 Å². The second-order valence-electron chi connectivity index (χ2n) is 6.26. The van der Waals surface area contributed by atoms with Crippen LogP contribution in [0.5, 0.6) is 0 Å². The maximum atomic E-state index is 12.8. The molecule has 1 amide bonds. The van der Waals surface area contributed by atoms with Gasteiger partial charge in [-0.25, -0.2) is 0 Å². The first-order chi connectivity index (χ1) is 12.1. The number of nitrogens with zero attached hydrogens (tertiary/aromatic N) is 1. The van der Waals surface area contributed by atoms with Gasteiger partial charge in [0, 0.05) is 14.1 Å². The zero-order valence-electron chi connectivity index (χ0n) is 14.7. The van der Waals surface area contributed by atoms with Crippen LogP contribution >= 0.6 is 7.26 Å². The Morgan fingerprint density at radius 1 is 0.680 bits per heavy atom. The molecule has 3 aromatic carbocycles. The first-order valence-electron chi connectivity index (χ1n) is 8.39. The zero-order chi connectivity index (χ0) is 17.7. The zero-order valence-corrected chi connectivity index (χ0v) is 15.6. The predicted molar refractivity (Wildman–Crippen MR) is 109 cm³/mol. The summed E-state index contributed by atoms with van der Waals surface area (Å²) >= 11 is 0. The Hall–Kier alpha value is -2.44. The van der Waals surface area contributed by atoms with Crippen molar-refractivity contribution in [2.24, 2.45) is 0 Å². The highest BCUT2D eigenvalue weighted by atomic mass is 31.2. The van der Waals surface area contributed by atoms with Gasteiger partial charge in [0.05, 0.1) is 0 Å². The third-order valence-electron chi connectivity index (χ3n) is 4.46. The Labute approximate surface area is 150 Å². The van der Waals surface area contributed by atoms with Crippen LogP contribution < -0.4 is 15.9 Å². The molecule has 0 saturated heterocycles. The summed E-state index contributed by atoms with van der Waals surface area (Å²) in [6.45, 7) is 0. The maximum Gasteiger partial charge on any atom is 0.260 e. The topological polar surface area (TPSA) is 20.3 Å². The molecule has 0 bridgehead atoms. The Balaban J connectivity index is 2.29. The van der Waals surface area contributed by atoms with Gasteiger partial charge in [0.1, 0.15) is 23.2 Å². The highest BCUT2D eigenvalue weighted by molar-refractivity contribution is 7.96. The fourth-order valence-corrected chi connectivity index (χ4v) is 7.29. The lowest BCUT2D eigenvalue weighted by molar-refractivity contribution is -0.125. The van der Waals surface area contributed by atoms with Crippen molar-refractivity contribution in [1.29, 1.82) is 0 Å². The van der Waals surface area contributed by atoms with E-state index in [-0.39, 0.29) is 5.91 Å². The van der Waals surface area contributed by atoms with Crippen molar-refractivity contribution in [3.8, 4) is 0 Å². The van der Waals surface area contributed by atoms with Gasteiger partial charge in [0.25, 0.3) is 5.91 Å². The molecule has 0 aliphatic rings. The van der Waals surface area contributed by atoms with E-state index in [4.69, 9.17) is 0 Å². The summed E-state index contributed by atoms with van der Waals surface area (Å²) < 4.78 is 0. The van der Waals surface area contributed by atoms with E-state index in [0.29, 0.717) is 6.16 Å². The van der Waals surface area contributed by atoms with Crippen molar-refractivity contribution in [2.45, 2.75) is 0 Å². The molecule has 0 N–H and O–H groups in total. The summed E-state index contributed by atoms with van der Waals surface area (Å²) in [5.41, 5.74) is 0. The van der Waals surface area contributed by atoms with Gasteiger partial charge in [-0.2, -0.15) is 0 Å². The molecule has 0 radical (unpaired) electrons. The number of amides is 1. The second kappa shape index (κ2) is 7.63. The molecule has 0 spiro atoms. The maximum absolute atomic E-state index is 12.8. The molecule has 0 aliphatic carbocycles. The molecular weight excluding hydrogens is 325 g/mol. The van der Waals surface area contributed by atoms with Crippen molar-refractivity contribution in [1.82, 2.24) is 4.90 Å². The Bertz CT molecular complexity index is 720. The highest BCUT2D eigenvalue weighted by Gasteiger charge is 2.47. The average Bonchev–Trinajstić information content (AvgIpc) is 2.68. The van der Waals surface area contributed by atoms with Crippen molar-refractivity contribution >= 4 is 29.1 Å². The molecule has 0 fully saturated rings. The molecule has 0 aliphatic heterocycles. The lowest BCUT2D eigenvalue weighted by Crippen LogP contribution is -2.39. The number of carbonyl (C=O) groups excluding carboxylic acids is 1. The third kappa shape index (κ3) is 3.50. The molecule has 0 unspecified atom stereocenters. The Kier molecular flexibility index (Phi) is 5.31. The molecule has 0 saturated carbocycles. The van der Waals surface area contributed by atoms with Crippen LogP contribution in [0.3, 0.4) is 0 Å². The fourth-order valence-electron chi connectivity index (χ4n) is 3.11. The quantitative estimate of drug-likeness (QED) is 0.649. The largest absolute Gasteiger partial charge is 0.346 e. The van der Waals surface area contributed by atoms with Crippen LogP contribution in [0.1, 0.15) is 0 Å². The molecule has 3 heteroatoms. The monoisotopic (exact) mass is 348 g/mol. The van der Waals surface area contributed by atoms with Crippen LogP contribution in [-0.4, -0.2) is 31.1 Å². The van der Waals surface area contributed by atoms with Crippen molar-refractivity contribution < 1.29 is 4.79 Å². The summed E-state index contributed by atoms with van der Waals surface area (Å²) in [5.74, 6) is 0.157. The van der Waals surface area contributed by atoms with Gasteiger partial charge in [-0.05, 0) is 36.4 Å². The molecule has 2 nitrogen and oxygen atoms in total. The minimum Gasteiger partial charge on any atom is -0.346 e. The molecule has 0 heterocycles. The minimum atomic E-state index is -2.05. The van der Waals surface area contributed by atoms with Gasteiger partial charge in [-0.3, -0.25) is 4.79 Å². The van der Waals surface area contributed by atoms with Crippen molar-refractivity contribution in [2.75, 3.05) is 20.3 Å². The lowest BCUT2D eigenvalue weighted by atomic mass is 10.4. The molecule has 3 rings (SSSR count).